The summed E-state index contributed by atoms with van der Waals surface area (Å²) in [5.74, 6) is 0.600. The average Bonchev–Trinajstić information content (AvgIpc) is 3.65. The van der Waals surface area contributed by atoms with E-state index in [0.717, 1.165) is 28.3 Å². The quantitative estimate of drug-likeness (QED) is 0.160. The molecule has 3 heterocycles. The molecular formula is C52H31F3N6. The van der Waals surface area contributed by atoms with E-state index in [1.807, 2.05) is 162 Å². The van der Waals surface area contributed by atoms with Crippen LogP contribution in [0, 0.1) is 11.3 Å². The third kappa shape index (κ3) is 6.96. The molecule has 6 nitrogen and oxygen atoms in total. The van der Waals surface area contributed by atoms with Crippen molar-refractivity contribution in [2.75, 3.05) is 0 Å². The fourth-order valence-corrected chi connectivity index (χ4v) is 7.83. The first-order valence-corrected chi connectivity index (χ1v) is 19.5. The third-order valence-corrected chi connectivity index (χ3v) is 10.7. The summed E-state index contributed by atoms with van der Waals surface area (Å²) in [6.07, 6.45) is -4.57. The Morgan fingerprint density at radius 2 is 0.820 bits per heavy atom. The molecule has 3 aromatic heterocycles. The van der Waals surface area contributed by atoms with Crippen LogP contribution in [0.4, 0.5) is 13.2 Å². The van der Waals surface area contributed by atoms with E-state index in [0.29, 0.717) is 78.6 Å². The van der Waals surface area contributed by atoms with Gasteiger partial charge in [0.05, 0.1) is 56.7 Å². The molecule has 0 aliphatic heterocycles. The molecule has 10 rings (SSSR count). The molecule has 0 atom stereocenters. The topological polar surface area (TPSA) is 80.3 Å². The van der Waals surface area contributed by atoms with Gasteiger partial charge < -0.3 is 4.57 Å². The van der Waals surface area contributed by atoms with Crippen LogP contribution in [0.15, 0.2) is 188 Å². The van der Waals surface area contributed by atoms with Gasteiger partial charge in [0.2, 0.25) is 0 Å². The van der Waals surface area contributed by atoms with E-state index in [9.17, 15) is 18.4 Å². The lowest BCUT2D eigenvalue weighted by Gasteiger charge is -2.20. The molecule has 0 aliphatic carbocycles. The van der Waals surface area contributed by atoms with Crippen molar-refractivity contribution >= 4 is 21.8 Å². The van der Waals surface area contributed by atoms with E-state index < -0.39 is 11.7 Å². The van der Waals surface area contributed by atoms with Crippen molar-refractivity contribution in [1.29, 1.82) is 5.26 Å². The zero-order valence-corrected chi connectivity index (χ0v) is 32.2. The Labute approximate surface area is 348 Å². The van der Waals surface area contributed by atoms with Gasteiger partial charge in [-0.2, -0.15) is 18.4 Å². The summed E-state index contributed by atoms with van der Waals surface area (Å²) in [4.78, 5) is 20.8. The second-order valence-corrected chi connectivity index (χ2v) is 14.5. The highest BCUT2D eigenvalue weighted by Gasteiger charge is 2.32. The van der Waals surface area contributed by atoms with Gasteiger partial charge in [-0.15, -0.1) is 0 Å². The number of hydrogen-bond donors (Lipinski definition) is 0. The lowest BCUT2D eigenvalue weighted by molar-refractivity contribution is -0.137. The molecule has 0 radical (unpaired) electrons. The number of nitrogens with zero attached hydrogens (tertiary/aromatic N) is 6. The Morgan fingerprint density at radius 1 is 0.426 bits per heavy atom. The molecule has 0 bridgehead atoms. The molecule has 0 saturated carbocycles. The molecule has 10 aromatic rings. The van der Waals surface area contributed by atoms with Crippen LogP contribution in [0.1, 0.15) is 11.1 Å². The Morgan fingerprint density at radius 3 is 1.23 bits per heavy atom. The smallest absolute Gasteiger partial charge is 0.308 e. The molecule has 0 amide bonds. The van der Waals surface area contributed by atoms with E-state index in [1.54, 1.807) is 12.1 Å². The largest absolute Gasteiger partial charge is 0.416 e. The molecule has 0 saturated heterocycles. The Kier molecular flexibility index (Phi) is 9.23. The minimum Gasteiger partial charge on any atom is -0.308 e. The van der Waals surface area contributed by atoms with Crippen molar-refractivity contribution in [2.24, 2.45) is 0 Å². The fourth-order valence-electron chi connectivity index (χ4n) is 7.83. The minimum atomic E-state index is -4.57. The zero-order valence-electron chi connectivity index (χ0n) is 32.2. The van der Waals surface area contributed by atoms with E-state index in [1.165, 1.54) is 12.1 Å². The molecule has 0 fully saturated rings. The third-order valence-electron chi connectivity index (χ3n) is 10.7. The molecule has 61 heavy (non-hydrogen) atoms. The molecule has 0 aliphatic rings. The average molecular weight is 797 g/mol. The number of nitriles is 1. The summed E-state index contributed by atoms with van der Waals surface area (Å²) in [5, 5.41) is 11.7. The zero-order chi connectivity index (χ0) is 41.5. The normalized spacial score (nSPS) is 11.5. The molecular weight excluding hydrogens is 766 g/mol. The van der Waals surface area contributed by atoms with Crippen molar-refractivity contribution in [2.45, 2.75) is 6.18 Å². The monoisotopic (exact) mass is 796 g/mol. The van der Waals surface area contributed by atoms with Gasteiger partial charge in [0.15, 0.2) is 11.6 Å². The van der Waals surface area contributed by atoms with Gasteiger partial charge in [-0.1, -0.05) is 140 Å². The molecule has 290 valence electrons. The van der Waals surface area contributed by atoms with Gasteiger partial charge in [0.25, 0.3) is 0 Å². The van der Waals surface area contributed by atoms with Gasteiger partial charge in [-0.25, -0.2) is 19.9 Å². The molecule has 9 heteroatoms. The van der Waals surface area contributed by atoms with Gasteiger partial charge in [0, 0.05) is 44.2 Å². The summed E-state index contributed by atoms with van der Waals surface area (Å²) >= 11 is 0. The first-order chi connectivity index (χ1) is 29.8. The second kappa shape index (κ2) is 15.2. The summed E-state index contributed by atoms with van der Waals surface area (Å²) in [7, 11) is 0. The highest BCUT2D eigenvalue weighted by atomic mass is 19.4. The molecule has 0 N–H and O–H groups in total. The number of alkyl halides is 3. The van der Waals surface area contributed by atoms with Crippen molar-refractivity contribution in [3.63, 3.8) is 0 Å². The molecule has 0 unspecified atom stereocenters. The maximum Gasteiger partial charge on any atom is 0.416 e. The second-order valence-electron chi connectivity index (χ2n) is 14.5. The lowest BCUT2D eigenvalue weighted by atomic mass is 9.99. The van der Waals surface area contributed by atoms with Crippen molar-refractivity contribution in [3.8, 4) is 79.6 Å². The lowest BCUT2D eigenvalue weighted by Crippen LogP contribution is -2.07. The maximum absolute atomic E-state index is 14.3. The Hall–Kier alpha value is -8.22. The van der Waals surface area contributed by atoms with E-state index in [4.69, 9.17) is 19.9 Å². The van der Waals surface area contributed by atoms with Crippen molar-refractivity contribution in [3.05, 3.63) is 199 Å². The number of benzene rings is 7. The molecule has 7 aromatic carbocycles. The maximum atomic E-state index is 14.3. The fraction of sp³-hybridized carbons (Fsp3) is 0.0192. The van der Waals surface area contributed by atoms with Crippen LogP contribution in [0.3, 0.4) is 0 Å². The predicted molar refractivity (Wildman–Crippen MR) is 234 cm³/mol. The number of halogens is 3. The first-order valence-electron chi connectivity index (χ1n) is 19.5. The number of rotatable bonds is 7. The van der Waals surface area contributed by atoms with E-state index in [2.05, 4.69) is 6.07 Å². The molecule has 0 spiro atoms. The van der Waals surface area contributed by atoms with Crippen LogP contribution < -0.4 is 0 Å². The van der Waals surface area contributed by atoms with Crippen molar-refractivity contribution in [1.82, 2.24) is 24.5 Å². The van der Waals surface area contributed by atoms with Gasteiger partial charge in [0.1, 0.15) is 0 Å². The summed E-state index contributed by atoms with van der Waals surface area (Å²) < 4.78 is 45.0. The number of aromatic nitrogens is 5. The first kappa shape index (κ1) is 37.1. The van der Waals surface area contributed by atoms with Gasteiger partial charge >= 0.3 is 6.18 Å². The van der Waals surface area contributed by atoms with Crippen LogP contribution in [0.5, 0.6) is 0 Å². The van der Waals surface area contributed by atoms with Crippen molar-refractivity contribution < 1.29 is 13.2 Å². The number of fused-ring (bicyclic) bond motifs is 3. The van der Waals surface area contributed by atoms with E-state index in [-0.39, 0.29) is 0 Å². The van der Waals surface area contributed by atoms with Crippen LogP contribution in [0.2, 0.25) is 0 Å². The summed E-state index contributed by atoms with van der Waals surface area (Å²) in [6.45, 7) is 0. The minimum absolute atomic E-state index is 0.291. The Balaban J connectivity index is 1.37. The predicted octanol–water partition coefficient (Wildman–Crippen LogP) is 13.3. The standard InChI is InChI=1S/C52H31F3N6/c53-52(54,55)38-25-26-48-40(29-38)39-23-13-14-24-47(39)61(48)49-41(50-57-43(34-15-5-1-6-16-34)30-44(58-50)35-17-7-2-8-18-35)27-33(32-56)28-42(49)51-59-45(36-19-9-3-10-20-36)31-46(60-51)37-21-11-4-12-22-37/h1-31H. The number of hydrogen-bond acceptors (Lipinski definition) is 5. The van der Waals surface area contributed by atoms with Crippen LogP contribution in [0.25, 0.3) is 95.3 Å². The van der Waals surface area contributed by atoms with E-state index >= 15 is 0 Å². The van der Waals surface area contributed by atoms with Gasteiger partial charge in [-0.05, 0) is 48.5 Å². The highest BCUT2D eigenvalue weighted by molar-refractivity contribution is 6.10. The van der Waals surface area contributed by atoms with Gasteiger partial charge in [-0.3, -0.25) is 0 Å². The summed E-state index contributed by atoms with van der Waals surface area (Å²) in [6, 6.07) is 59.8. The van der Waals surface area contributed by atoms with Crippen LogP contribution in [-0.4, -0.2) is 24.5 Å². The SMILES string of the molecule is N#Cc1cc(-c2nc(-c3ccccc3)cc(-c3ccccc3)n2)c(-n2c3ccccc3c3cc(C(F)(F)F)ccc32)c(-c2nc(-c3ccccc3)cc(-c3ccccc3)n2)c1. The summed E-state index contributed by atoms with van der Waals surface area (Å²) in [5.41, 5.74) is 8.06. The Bertz CT molecular complexity index is 3020. The van der Waals surface area contributed by atoms with Crippen LogP contribution >= 0.6 is 0 Å². The highest BCUT2D eigenvalue weighted by Crippen LogP contribution is 2.43. The number of para-hydroxylation sites is 1. The van der Waals surface area contributed by atoms with Crippen LogP contribution in [-0.2, 0) is 6.18 Å².